The average Bonchev–Trinajstić information content (AvgIpc) is 2.65. The predicted molar refractivity (Wildman–Crippen MR) is 98.2 cm³/mol. The molecule has 25 heavy (non-hydrogen) atoms. The Bertz CT molecular complexity index is 636. The van der Waals surface area contributed by atoms with Crippen molar-refractivity contribution >= 4 is 5.91 Å². The lowest BCUT2D eigenvalue weighted by molar-refractivity contribution is -0.136. The number of hydrogen-bond acceptors (Lipinski definition) is 4. The van der Waals surface area contributed by atoms with Gasteiger partial charge in [0.1, 0.15) is 11.8 Å². The number of carbonyl (C=O) groups is 1. The molecule has 5 nitrogen and oxygen atoms in total. The Kier molecular flexibility index (Phi) is 6.83. The van der Waals surface area contributed by atoms with Crippen molar-refractivity contribution in [3.05, 3.63) is 29.3 Å². The summed E-state index contributed by atoms with van der Waals surface area (Å²) >= 11 is 0. The first-order valence-electron chi connectivity index (χ1n) is 9.09. The van der Waals surface area contributed by atoms with Crippen molar-refractivity contribution in [3.8, 4) is 11.8 Å². The van der Waals surface area contributed by atoms with Crippen LogP contribution in [0.4, 0.5) is 0 Å². The van der Waals surface area contributed by atoms with Crippen molar-refractivity contribution in [1.29, 1.82) is 5.26 Å². The number of amides is 1. The van der Waals surface area contributed by atoms with Gasteiger partial charge in [-0.05, 0) is 30.0 Å². The van der Waals surface area contributed by atoms with Gasteiger partial charge < -0.3 is 15.0 Å². The Morgan fingerprint density at radius 1 is 1.48 bits per heavy atom. The van der Waals surface area contributed by atoms with Crippen molar-refractivity contribution in [2.24, 2.45) is 11.8 Å². The molecule has 5 heteroatoms. The molecular formula is C20H29N3O2. The molecule has 1 aliphatic heterocycles. The lowest BCUT2D eigenvalue weighted by atomic mass is 9.89. The third kappa shape index (κ3) is 4.73. The summed E-state index contributed by atoms with van der Waals surface area (Å²) in [6.45, 7) is 8.48. The second kappa shape index (κ2) is 8.87. The fourth-order valence-electron chi connectivity index (χ4n) is 3.48. The van der Waals surface area contributed by atoms with E-state index in [1.165, 1.54) is 0 Å². The quantitative estimate of drug-likeness (QED) is 0.862. The van der Waals surface area contributed by atoms with Gasteiger partial charge in [0.25, 0.3) is 0 Å². The number of likely N-dealkylation sites (tertiary alicyclic amines) is 1. The largest absolute Gasteiger partial charge is 0.495 e. The Labute approximate surface area is 151 Å². The summed E-state index contributed by atoms with van der Waals surface area (Å²) in [5, 5.41) is 12.8. The predicted octanol–water partition coefficient (Wildman–Crippen LogP) is 2.94. The zero-order valence-corrected chi connectivity index (χ0v) is 15.7. The summed E-state index contributed by atoms with van der Waals surface area (Å²) in [6.07, 6.45) is 2.02. The maximum absolute atomic E-state index is 12.2. The molecule has 2 rings (SSSR count). The maximum Gasteiger partial charge on any atom is 0.225 e. The van der Waals surface area contributed by atoms with Gasteiger partial charge in [0.2, 0.25) is 5.91 Å². The third-order valence-corrected chi connectivity index (χ3v) is 5.02. The standard InChI is InChI=1S/C20H29N3O2/c1-5-16-13-23(20(24)14(2)3)9-8-18(16)22-12-15-6-7-19(25-4)17(10-15)11-21/h6-7,10,14,16,18,22H,5,8-9,12-13H2,1-4H3/t16-,18+/m0/s1. The monoisotopic (exact) mass is 343 g/mol. The molecule has 1 aliphatic rings. The molecule has 0 aromatic heterocycles. The SMILES string of the molecule is CC[C@H]1CN(C(=O)C(C)C)CC[C@H]1NCc1ccc(OC)c(C#N)c1. The van der Waals surface area contributed by atoms with Crippen molar-refractivity contribution < 1.29 is 9.53 Å². The molecule has 0 aliphatic carbocycles. The molecule has 1 N–H and O–H groups in total. The highest BCUT2D eigenvalue weighted by Crippen LogP contribution is 2.23. The number of carbonyl (C=O) groups excluding carboxylic acids is 1. The first-order chi connectivity index (χ1) is 12.0. The van der Waals surface area contributed by atoms with E-state index >= 15 is 0 Å². The highest BCUT2D eigenvalue weighted by atomic mass is 16.5. The Hall–Kier alpha value is -2.06. The van der Waals surface area contributed by atoms with Crippen LogP contribution in [0.5, 0.6) is 5.75 Å². The molecule has 1 saturated heterocycles. The number of benzene rings is 1. The zero-order chi connectivity index (χ0) is 18.4. The van der Waals surface area contributed by atoms with E-state index in [1.807, 2.05) is 36.9 Å². The fourth-order valence-corrected chi connectivity index (χ4v) is 3.48. The van der Waals surface area contributed by atoms with E-state index in [0.29, 0.717) is 23.3 Å². The summed E-state index contributed by atoms with van der Waals surface area (Å²) < 4.78 is 5.19. The van der Waals surface area contributed by atoms with Gasteiger partial charge in [-0.25, -0.2) is 0 Å². The van der Waals surface area contributed by atoms with Gasteiger partial charge in [-0.3, -0.25) is 4.79 Å². The van der Waals surface area contributed by atoms with E-state index in [1.54, 1.807) is 7.11 Å². The van der Waals surface area contributed by atoms with E-state index in [2.05, 4.69) is 18.3 Å². The lowest BCUT2D eigenvalue weighted by Crippen LogP contribution is -2.51. The third-order valence-electron chi connectivity index (χ3n) is 5.02. The Morgan fingerprint density at radius 3 is 2.84 bits per heavy atom. The van der Waals surface area contributed by atoms with E-state index in [-0.39, 0.29) is 11.8 Å². The second-order valence-electron chi connectivity index (χ2n) is 7.03. The number of rotatable bonds is 6. The second-order valence-corrected chi connectivity index (χ2v) is 7.03. The van der Waals surface area contributed by atoms with Crippen LogP contribution in [-0.2, 0) is 11.3 Å². The molecule has 0 spiro atoms. The van der Waals surface area contributed by atoms with Crippen LogP contribution >= 0.6 is 0 Å². The molecule has 1 aromatic carbocycles. The van der Waals surface area contributed by atoms with Gasteiger partial charge in [0, 0.05) is 31.6 Å². The lowest BCUT2D eigenvalue weighted by Gasteiger charge is -2.39. The van der Waals surface area contributed by atoms with Gasteiger partial charge in [0.15, 0.2) is 0 Å². The number of piperidine rings is 1. The number of ether oxygens (including phenoxy) is 1. The van der Waals surface area contributed by atoms with Crippen LogP contribution in [0.2, 0.25) is 0 Å². The number of nitriles is 1. The summed E-state index contributed by atoms with van der Waals surface area (Å²) in [6, 6.07) is 8.29. The molecule has 1 fully saturated rings. The van der Waals surface area contributed by atoms with E-state index in [9.17, 15) is 10.1 Å². The normalized spacial score (nSPS) is 20.4. The molecule has 0 radical (unpaired) electrons. The topological polar surface area (TPSA) is 65.4 Å². The average molecular weight is 343 g/mol. The molecule has 0 bridgehead atoms. The molecular weight excluding hydrogens is 314 g/mol. The van der Waals surface area contributed by atoms with Crippen molar-refractivity contribution in [3.63, 3.8) is 0 Å². The molecule has 1 heterocycles. The number of methoxy groups -OCH3 is 1. The van der Waals surface area contributed by atoms with E-state index in [4.69, 9.17) is 4.74 Å². The Morgan fingerprint density at radius 2 is 2.24 bits per heavy atom. The molecule has 0 saturated carbocycles. The first-order valence-corrected chi connectivity index (χ1v) is 9.09. The number of nitrogens with one attached hydrogen (secondary N) is 1. The van der Waals surface area contributed by atoms with Crippen LogP contribution in [0.15, 0.2) is 18.2 Å². The van der Waals surface area contributed by atoms with Crippen LogP contribution in [0.3, 0.4) is 0 Å². The number of nitrogens with zero attached hydrogens (tertiary/aromatic N) is 2. The van der Waals surface area contributed by atoms with Gasteiger partial charge in [-0.2, -0.15) is 5.26 Å². The van der Waals surface area contributed by atoms with Gasteiger partial charge >= 0.3 is 0 Å². The van der Waals surface area contributed by atoms with Crippen LogP contribution in [-0.4, -0.2) is 37.0 Å². The van der Waals surface area contributed by atoms with Gasteiger partial charge in [-0.15, -0.1) is 0 Å². The van der Waals surface area contributed by atoms with Crippen molar-refractivity contribution in [1.82, 2.24) is 10.2 Å². The molecule has 1 amide bonds. The molecule has 136 valence electrons. The van der Waals surface area contributed by atoms with Gasteiger partial charge in [0.05, 0.1) is 12.7 Å². The fraction of sp³-hybridized carbons (Fsp3) is 0.600. The minimum Gasteiger partial charge on any atom is -0.495 e. The molecule has 2 atom stereocenters. The van der Waals surface area contributed by atoms with Crippen LogP contribution in [0, 0.1) is 23.2 Å². The minimum absolute atomic E-state index is 0.0608. The van der Waals surface area contributed by atoms with E-state index < -0.39 is 0 Å². The van der Waals surface area contributed by atoms with Gasteiger partial charge in [-0.1, -0.05) is 33.3 Å². The smallest absolute Gasteiger partial charge is 0.225 e. The number of hydrogen-bond donors (Lipinski definition) is 1. The highest BCUT2D eigenvalue weighted by molar-refractivity contribution is 5.78. The van der Waals surface area contributed by atoms with Crippen LogP contribution < -0.4 is 10.1 Å². The van der Waals surface area contributed by atoms with Crippen molar-refractivity contribution in [2.75, 3.05) is 20.2 Å². The molecule has 1 aromatic rings. The summed E-state index contributed by atoms with van der Waals surface area (Å²) in [5.74, 6) is 1.39. The zero-order valence-electron chi connectivity index (χ0n) is 15.7. The summed E-state index contributed by atoms with van der Waals surface area (Å²) in [4.78, 5) is 14.3. The molecule has 0 unspecified atom stereocenters. The maximum atomic E-state index is 12.2. The highest BCUT2D eigenvalue weighted by Gasteiger charge is 2.30. The summed E-state index contributed by atoms with van der Waals surface area (Å²) in [5.41, 5.74) is 1.64. The first kappa shape index (κ1) is 19.3. The van der Waals surface area contributed by atoms with Crippen LogP contribution in [0.1, 0.15) is 44.7 Å². The summed E-state index contributed by atoms with van der Waals surface area (Å²) in [7, 11) is 1.58. The van der Waals surface area contributed by atoms with E-state index in [0.717, 1.165) is 38.0 Å². The Balaban J connectivity index is 1.97. The van der Waals surface area contributed by atoms with Crippen LogP contribution in [0.25, 0.3) is 0 Å². The van der Waals surface area contributed by atoms with Crippen molar-refractivity contribution in [2.45, 2.75) is 46.2 Å². The minimum atomic E-state index is 0.0608.